The molecule has 0 fully saturated rings. The Hall–Kier alpha value is -1.66. The van der Waals surface area contributed by atoms with Crippen LogP contribution in [0.1, 0.15) is 15.2 Å². The Bertz CT molecular complexity index is 530. The fourth-order valence-corrected chi connectivity index (χ4v) is 1.96. The maximum absolute atomic E-state index is 10.8. The van der Waals surface area contributed by atoms with Crippen LogP contribution in [0.3, 0.4) is 0 Å². The summed E-state index contributed by atoms with van der Waals surface area (Å²) in [6, 6.07) is 2.75. The number of aromatic carboxylic acids is 1. The van der Waals surface area contributed by atoms with Crippen LogP contribution in [0.2, 0.25) is 5.15 Å². The molecular formula is C10H8ClN3O2S. The molecule has 0 atom stereocenters. The fraction of sp³-hybridized carbons (Fsp3) is 0.100. The van der Waals surface area contributed by atoms with Gasteiger partial charge in [0, 0.05) is 11.1 Å². The van der Waals surface area contributed by atoms with Gasteiger partial charge in [-0.2, -0.15) is 0 Å². The van der Waals surface area contributed by atoms with Gasteiger partial charge in [-0.05, 0) is 12.1 Å². The number of pyridine rings is 1. The number of carbonyl (C=O) groups is 1. The fourth-order valence-electron chi connectivity index (χ4n) is 1.22. The smallest absolute Gasteiger partial charge is 0.335 e. The van der Waals surface area contributed by atoms with Crippen molar-refractivity contribution in [3.63, 3.8) is 0 Å². The Morgan fingerprint density at radius 1 is 1.53 bits per heavy atom. The zero-order valence-electron chi connectivity index (χ0n) is 8.55. The number of carboxylic acids is 1. The van der Waals surface area contributed by atoms with E-state index in [1.165, 1.54) is 23.5 Å². The Labute approximate surface area is 106 Å². The average Bonchev–Trinajstić information content (AvgIpc) is 2.78. The standard InChI is InChI=1S/C10H8ClN3O2S/c11-8-1-6(10(15)16)2-9(14-8)13-4-7-3-12-5-17-7/h1-3,5H,4H2,(H,13,14)(H,15,16). The van der Waals surface area contributed by atoms with Gasteiger partial charge in [0.2, 0.25) is 0 Å². The Morgan fingerprint density at radius 2 is 2.35 bits per heavy atom. The molecule has 17 heavy (non-hydrogen) atoms. The van der Waals surface area contributed by atoms with Gasteiger partial charge in [-0.25, -0.2) is 9.78 Å². The van der Waals surface area contributed by atoms with Crippen molar-refractivity contribution in [2.45, 2.75) is 6.54 Å². The molecule has 5 nitrogen and oxygen atoms in total. The lowest BCUT2D eigenvalue weighted by Gasteiger charge is -2.05. The van der Waals surface area contributed by atoms with Gasteiger partial charge in [0.25, 0.3) is 0 Å². The lowest BCUT2D eigenvalue weighted by molar-refractivity contribution is 0.0697. The summed E-state index contributed by atoms with van der Waals surface area (Å²) in [6.07, 6.45) is 1.74. The largest absolute Gasteiger partial charge is 0.478 e. The van der Waals surface area contributed by atoms with Gasteiger partial charge in [0.1, 0.15) is 11.0 Å². The third-order valence-electron chi connectivity index (χ3n) is 1.97. The molecule has 2 N–H and O–H groups in total. The van der Waals surface area contributed by atoms with Crippen molar-refractivity contribution in [2.24, 2.45) is 0 Å². The van der Waals surface area contributed by atoms with Crippen molar-refractivity contribution in [1.29, 1.82) is 0 Å². The predicted molar refractivity (Wildman–Crippen MR) is 65.6 cm³/mol. The number of aromatic nitrogens is 2. The van der Waals surface area contributed by atoms with Gasteiger partial charge in [-0.15, -0.1) is 11.3 Å². The van der Waals surface area contributed by atoms with E-state index in [9.17, 15) is 4.79 Å². The first-order valence-corrected chi connectivity index (χ1v) is 5.93. The molecule has 0 aliphatic heterocycles. The van der Waals surface area contributed by atoms with E-state index in [4.69, 9.17) is 16.7 Å². The Kier molecular flexibility index (Phi) is 3.55. The van der Waals surface area contributed by atoms with E-state index in [-0.39, 0.29) is 10.7 Å². The second-order valence-corrected chi connectivity index (χ2v) is 4.55. The molecule has 0 unspecified atom stereocenters. The summed E-state index contributed by atoms with van der Waals surface area (Å²) >= 11 is 7.24. The van der Waals surface area contributed by atoms with E-state index in [1.54, 1.807) is 11.7 Å². The van der Waals surface area contributed by atoms with E-state index in [2.05, 4.69) is 15.3 Å². The number of anilines is 1. The zero-order valence-corrected chi connectivity index (χ0v) is 10.1. The monoisotopic (exact) mass is 269 g/mol. The molecule has 2 heterocycles. The molecule has 0 aliphatic carbocycles. The van der Waals surface area contributed by atoms with Crippen molar-refractivity contribution < 1.29 is 9.90 Å². The van der Waals surface area contributed by atoms with Gasteiger partial charge in [0.05, 0.1) is 17.6 Å². The normalized spacial score (nSPS) is 10.2. The SMILES string of the molecule is O=C(O)c1cc(Cl)nc(NCc2cncs2)c1. The quantitative estimate of drug-likeness (QED) is 0.834. The molecule has 0 aromatic carbocycles. The zero-order chi connectivity index (χ0) is 12.3. The van der Waals surface area contributed by atoms with Crippen LogP contribution in [-0.4, -0.2) is 21.0 Å². The number of hydrogen-bond acceptors (Lipinski definition) is 5. The van der Waals surface area contributed by atoms with Crippen LogP contribution in [0.5, 0.6) is 0 Å². The molecule has 0 saturated heterocycles. The van der Waals surface area contributed by atoms with Crippen LogP contribution in [-0.2, 0) is 6.54 Å². The summed E-state index contributed by atoms with van der Waals surface area (Å²) in [5, 5.41) is 12.0. The van der Waals surface area contributed by atoms with Gasteiger partial charge < -0.3 is 10.4 Å². The molecular weight excluding hydrogens is 262 g/mol. The van der Waals surface area contributed by atoms with Crippen LogP contribution in [0.25, 0.3) is 0 Å². The number of hydrogen-bond donors (Lipinski definition) is 2. The Balaban J connectivity index is 2.13. The number of nitrogens with one attached hydrogen (secondary N) is 1. The average molecular weight is 270 g/mol. The Morgan fingerprint density at radius 3 is 3.00 bits per heavy atom. The van der Waals surface area contributed by atoms with Gasteiger partial charge in [-0.1, -0.05) is 11.6 Å². The first-order chi connectivity index (χ1) is 8.15. The minimum absolute atomic E-state index is 0.108. The van der Waals surface area contributed by atoms with Gasteiger partial charge >= 0.3 is 5.97 Å². The van der Waals surface area contributed by atoms with Crippen molar-refractivity contribution in [3.05, 3.63) is 39.4 Å². The summed E-state index contributed by atoms with van der Waals surface area (Å²) < 4.78 is 0. The summed E-state index contributed by atoms with van der Waals surface area (Å²) in [4.78, 5) is 19.8. The first kappa shape index (κ1) is 11.8. The molecule has 88 valence electrons. The molecule has 0 amide bonds. The molecule has 7 heteroatoms. The summed E-state index contributed by atoms with van der Waals surface area (Å²) in [6.45, 7) is 0.539. The number of rotatable bonds is 4. The molecule has 0 radical (unpaired) electrons. The van der Waals surface area contributed by atoms with E-state index in [0.717, 1.165) is 4.88 Å². The lowest BCUT2D eigenvalue weighted by atomic mass is 10.2. The van der Waals surface area contributed by atoms with Crippen molar-refractivity contribution in [1.82, 2.24) is 9.97 Å². The third kappa shape index (κ3) is 3.15. The number of halogens is 1. The summed E-state index contributed by atoms with van der Waals surface area (Å²) in [5.41, 5.74) is 1.84. The highest BCUT2D eigenvalue weighted by molar-refractivity contribution is 7.09. The second kappa shape index (κ2) is 5.11. The highest BCUT2D eigenvalue weighted by Gasteiger charge is 2.07. The van der Waals surface area contributed by atoms with Crippen LogP contribution in [0, 0.1) is 0 Å². The van der Waals surface area contributed by atoms with Crippen LogP contribution < -0.4 is 5.32 Å². The lowest BCUT2D eigenvalue weighted by Crippen LogP contribution is -2.03. The van der Waals surface area contributed by atoms with Crippen molar-refractivity contribution >= 4 is 34.7 Å². The van der Waals surface area contributed by atoms with E-state index in [0.29, 0.717) is 12.4 Å². The maximum Gasteiger partial charge on any atom is 0.335 e. The van der Waals surface area contributed by atoms with E-state index >= 15 is 0 Å². The molecule has 0 bridgehead atoms. The summed E-state index contributed by atoms with van der Waals surface area (Å²) in [5.74, 6) is -0.599. The van der Waals surface area contributed by atoms with Crippen LogP contribution in [0.15, 0.2) is 23.8 Å². The highest BCUT2D eigenvalue weighted by Crippen LogP contribution is 2.16. The van der Waals surface area contributed by atoms with Gasteiger partial charge in [0.15, 0.2) is 0 Å². The van der Waals surface area contributed by atoms with Crippen molar-refractivity contribution in [3.8, 4) is 0 Å². The molecule has 2 rings (SSSR count). The third-order valence-corrected chi connectivity index (χ3v) is 2.94. The van der Waals surface area contributed by atoms with Gasteiger partial charge in [-0.3, -0.25) is 4.98 Å². The number of nitrogens with zero attached hydrogens (tertiary/aromatic N) is 2. The maximum atomic E-state index is 10.8. The molecule has 0 spiro atoms. The van der Waals surface area contributed by atoms with Crippen LogP contribution >= 0.6 is 22.9 Å². The van der Waals surface area contributed by atoms with E-state index in [1.807, 2.05) is 0 Å². The van der Waals surface area contributed by atoms with E-state index < -0.39 is 5.97 Å². The topological polar surface area (TPSA) is 75.1 Å². The predicted octanol–water partition coefficient (Wildman–Crippen LogP) is 2.50. The highest BCUT2D eigenvalue weighted by atomic mass is 35.5. The minimum Gasteiger partial charge on any atom is -0.478 e. The molecule has 2 aromatic rings. The van der Waals surface area contributed by atoms with Crippen LogP contribution in [0.4, 0.5) is 5.82 Å². The second-order valence-electron chi connectivity index (χ2n) is 3.19. The number of carboxylic acid groups (broad SMARTS) is 1. The molecule has 2 aromatic heterocycles. The summed E-state index contributed by atoms with van der Waals surface area (Å²) in [7, 11) is 0. The first-order valence-electron chi connectivity index (χ1n) is 4.67. The molecule has 0 saturated carbocycles. The minimum atomic E-state index is -1.03. The molecule has 0 aliphatic rings. The van der Waals surface area contributed by atoms with Crippen molar-refractivity contribution in [2.75, 3.05) is 5.32 Å². The number of thiazole rings is 1.